The maximum absolute atomic E-state index is 12.3. The van der Waals surface area contributed by atoms with Gasteiger partial charge in [-0.15, -0.1) is 0 Å². The van der Waals surface area contributed by atoms with Crippen molar-refractivity contribution in [2.24, 2.45) is 0 Å². The average molecular weight is 650 g/mol. The van der Waals surface area contributed by atoms with Crippen molar-refractivity contribution in [3.63, 3.8) is 0 Å². The van der Waals surface area contributed by atoms with Gasteiger partial charge in [-0.25, -0.2) is 0 Å². The van der Waals surface area contributed by atoms with Crippen molar-refractivity contribution >= 4 is 17.1 Å². The third kappa shape index (κ3) is 9.40. The smallest absolute Gasteiger partial charge is 0.280 e. The van der Waals surface area contributed by atoms with E-state index in [1.165, 1.54) is 18.6 Å². The quantitative estimate of drug-likeness (QED) is 0.0700. The van der Waals surface area contributed by atoms with Crippen LogP contribution < -0.4 is 0 Å². The van der Waals surface area contributed by atoms with Gasteiger partial charge in [0.25, 0.3) is 17.1 Å². The number of nitro benzene ring substituents is 3. The molecule has 0 aliphatic rings. The topological polar surface area (TPSA) is 161 Å². The van der Waals surface area contributed by atoms with Crippen LogP contribution in [0.2, 0.25) is 0 Å². The Morgan fingerprint density at radius 2 is 0.896 bits per heavy atom. The van der Waals surface area contributed by atoms with Crippen LogP contribution in [0.3, 0.4) is 0 Å². The molecule has 10 heteroatoms. The van der Waals surface area contributed by atoms with E-state index in [-0.39, 0.29) is 32.4 Å². The van der Waals surface area contributed by atoms with Crippen LogP contribution in [-0.4, -0.2) is 20.2 Å². The zero-order valence-electron chi connectivity index (χ0n) is 26.8. The van der Waals surface area contributed by atoms with Crippen LogP contribution in [0.5, 0.6) is 0 Å². The van der Waals surface area contributed by atoms with Crippen LogP contribution in [0.15, 0.2) is 121 Å². The summed E-state index contributed by atoms with van der Waals surface area (Å²) < 4.78 is 0. The molecule has 0 atom stereocenters. The lowest BCUT2D eigenvalue weighted by molar-refractivity contribution is -0.385. The highest BCUT2D eigenvalue weighted by molar-refractivity contribution is 5.85. The number of benzene rings is 5. The van der Waals surface area contributed by atoms with Crippen LogP contribution in [0.1, 0.15) is 51.0 Å². The van der Waals surface area contributed by atoms with Gasteiger partial charge in [0.15, 0.2) is 0 Å². The highest BCUT2D eigenvalue weighted by Crippen LogP contribution is 2.42. The third-order valence-electron chi connectivity index (χ3n) is 7.91. The van der Waals surface area contributed by atoms with Gasteiger partial charge in [0.05, 0.1) is 31.5 Å². The highest BCUT2D eigenvalue weighted by atomic mass is 16.6. The Hall–Kier alpha value is -5.74. The van der Waals surface area contributed by atoms with Gasteiger partial charge in [0, 0.05) is 17.7 Å². The summed E-state index contributed by atoms with van der Waals surface area (Å²) in [6.07, 6.45) is 6.86. The molecular formula is C38H39N3O7. The summed E-state index contributed by atoms with van der Waals surface area (Å²) in [4.78, 5) is 33.6. The molecule has 0 spiro atoms. The summed E-state index contributed by atoms with van der Waals surface area (Å²) >= 11 is 0. The fourth-order valence-corrected chi connectivity index (χ4v) is 5.64. The predicted molar refractivity (Wildman–Crippen MR) is 190 cm³/mol. The van der Waals surface area contributed by atoms with Crippen molar-refractivity contribution in [1.29, 1.82) is 0 Å². The van der Waals surface area contributed by atoms with Crippen LogP contribution >= 0.6 is 0 Å². The molecule has 0 bridgehead atoms. The van der Waals surface area contributed by atoms with E-state index in [1.807, 2.05) is 60.7 Å². The van der Waals surface area contributed by atoms with E-state index in [4.69, 9.17) is 0 Å². The molecule has 48 heavy (non-hydrogen) atoms. The van der Waals surface area contributed by atoms with Gasteiger partial charge in [-0.05, 0) is 47.7 Å². The van der Waals surface area contributed by atoms with Gasteiger partial charge < -0.3 is 5.48 Å². The fraction of sp³-hybridized carbons (Fsp3) is 0.211. The monoisotopic (exact) mass is 649 g/mol. The van der Waals surface area contributed by atoms with Crippen molar-refractivity contribution in [3.05, 3.63) is 157 Å². The van der Waals surface area contributed by atoms with Crippen molar-refractivity contribution in [2.45, 2.75) is 51.9 Å². The Kier molecular flexibility index (Phi) is 14.1. The van der Waals surface area contributed by atoms with E-state index in [0.29, 0.717) is 34.2 Å². The molecule has 0 aromatic heterocycles. The zero-order chi connectivity index (χ0) is 33.6. The van der Waals surface area contributed by atoms with E-state index in [9.17, 15) is 30.3 Å². The number of rotatable bonds is 13. The molecule has 0 aliphatic heterocycles. The first-order chi connectivity index (χ1) is 22.8. The average Bonchev–Trinajstić information content (AvgIpc) is 3.10. The Labute approximate surface area is 279 Å². The molecule has 10 nitrogen and oxygen atoms in total. The molecule has 0 unspecified atom stereocenters. The minimum atomic E-state index is -0.430. The lowest BCUT2D eigenvalue weighted by Gasteiger charge is -2.14. The van der Waals surface area contributed by atoms with Crippen molar-refractivity contribution < 1.29 is 20.2 Å². The molecule has 0 amide bonds. The van der Waals surface area contributed by atoms with Crippen LogP contribution in [0, 0.1) is 30.3 Å². The Balaban J connectivity index is 0.000000326. The van der Waals surface area contributed by atoms with E-state index in [2.05, 4.69) is 6.92 Å². The van der Waals surface area contributed by atoms with Gasteiger partial charge in [-0.3, -0.25) is 30.3 Å². The Morgan fingerprint density at radius 3 is 1.44 bits per heavy atom. The van der Waals surface area contributed by atoms with Crippen molar-refractivity contribution in [3.8, 4) is 33.4 Å². The highest BCUT2D eigenvalue weighted by Gasteiger charge is 2.27. The zero-order valence-corrected chi connectivity index (χ0v) is 26.8. The summed E-state index contributed by atoms with van der Waals surface area (Å²) in [5, 5.41) is 34.7. The second kappa shape index (κ2) is 18.4. The number of nitro groups is 3. The van der Waals surface area contributed by atoms with Crippen LogP contribution in [0.4, 0.5) is 17.1 Å². The molecule has 5 aromatic carbocycles. The minimum Gasteiger partial charge on any atom is -0.412 e. The predicted octanol–water partition coefficient (Wildman–Crippen LogP) is 10.2. The van der Waals surface area contributed by atoms with Crippen LogP contribution in [0.25, 0.3) is 33.4 Å². The molecule has 0 radical (unpaired) electrons. The summed E-state index contributed by atoms with van der Waals surface area (Å²) in [7, 11) is 0. The second-order valence-corrected chi connectivity index (χ2v) is 11.0. The minimum absolute atomic E-state index is 0. The van der Waals surface area contributed by atoms with Gasteiger partial charge in [0.2, 0.25) is 0 Å². The Morgan fingerprint density at radius 1 is 0.458 bits per heavy atom. The number of hydrogen-bond donors (Lipinski definition) is 0. The Bertz CT molecular complexity index is 1810. The lowest BCUT2D eigenvalue weighted by atomic mass is 9.89. The first-order valence-corrected chi connectivity index (χ1v) is 15.7. The molecule has 248 valence electrons. The molecule has 0 heterocycles. The number of hydrogen-bond acceptors (Lipinski definition) is 6. The van der Waals surface area contributed by atoms with E-state index < -0.39 is 4.92 Å². The SMILES string of the molecule is CCCCCCCCc1c(-c2ccccc2[N+](=O)[O-])ccc(-c2ccccc2)c1[N+](=O)[O-].O.O=[N+]([O-])c1ccccc1-c1ccccc1. The van der Waals surface area contributed by atoms with Gasteiger partial charge >= 0.3 is 0 Å². The maximum Gasteiger partial charge on any atom is 0.280 e. The third-order valence-corrected chi connectivity index (χ3v) is 7.91. The van der Waals surface area contributed by atoms with Gasteiger partial charge in [-0.2, -0.15) is 0 Å². The fourth-order valence-electron chi connectivity index (χ4n) is 5.64. The number of para-hydroxylation sites is 2. The number of nitrogens with zero attached hydrogens (tertiary/aromatic N) is 3. The first-order valence-electron chi connectivity index (χ1n) is 15.7. The largest absolute Gasteiger partial charge is 0.412 e. The molecule has 5 aromatic rings. The van der Waals surface area contributed by atoms with Crippen molar-refractivity contribution in [2.75, 3.05) is 0 Å². The molecule has 0 saturated heterocycles. The molecule has 0 fully saturated rings. The van der Waals surface area contributed by atoms with E-state index in [0.717, 1.165) is 43.2 Å². The van der Waals surface area contributed by atoms with Crippen LogP contribution in [-0.2, 0) is 6.42 Å². The lowest BCUT2D eigenvalue weighted by Crippen LogP contribution is -2.03. The summed E-state index contributed by atoms with van der Waals surface area (Å²) in [5.74, 6) is 0. The number of unbranched alkanes of at least 4 members (excludes halogenated alkanes) is 5. The second-order valence-electron chi connectivity index (χ2n) is 11.0. The summed E-state index contributed by atoms with van der Waals surface area (Å²) in [6, 6.07) is 35.3. The molecule has 0 saturated carbocycles. The standard InChI is InChI=1S/C26H28N2O4.C12H9NO2.H2O/c1-2-3-4-5-6-10-16-24-22(23-15-11-12-17-25(23)27(29)30)19-18-21(26(24)28(31)32)20-13-8-7-9-14-20;14-13(15)12-9-5-4-8-11(12)10-6-2-1-3-7-10;/h7-9,11-15,17-19H,2-6,10,16H2,1H3;1-9H;1H2. The molecular weight excluding hydrogens is 610 g/mol. The van der Waals surface area contributed by atoms with Gasteiger partial charge in [0.1, 0.15) is 0 Å². The van der Waals surface area contributed by atoms with Crippen molar-refractivity contribution in [1.82, 2.24) is 0 Å². The van der Waals surface area contributed by atoms with Gasteiger partial charge in [-0.1, -0.05) is 130 Å². The normalized spacial score (nSPS) is 10.3. The first kappa shape index (κ1) is 36.7. The summed E-state index contributed by atoms with van der Waals surface area (Å²) in [6.45, 7) is 2.16. The van der Waals surface area contributed by atoms with E-state index in [1.54, 1.807) is 48.5 Å². The molecule has 5 rings (SSSR count). The summed E-state index contributed by atoms with van der Waals surface area (Å²) in [5.41, 5.74) is 4.52. The maximum atomic E-state index is 12.3. The van der Waals surface area contributed by atoms with E-state index >= 15 is 0 Å². The molecule has 0 aliphatic carbocycles. The molecule has 2 N–H and O–H groups in total.